The second-order valence-corrected chi connectivity index (χ2v) is 36.7. The molecule has 11 saturated heterocycles. The highest BCUT2D eigenvalue weighted by molar-refractivity contribution is 5.77. The minimum atomic E-state index is -3.38. The highest BCUT2D eigenvalue weighted by atomic mass is 16.8. The third-order valence-corrected chi connectivity index (χ3v) is 26.4. The third-order valence-electron chi connectivity index (χ3n) is 26.4. The first-order valence-corrected chi connectivity index (χ1v) is 46.3. The Morgan fingerprint density at radius 3 is 0.966 bits per heavy atom. The molecule has 0 aromatic heterocycles. The number of carbonyl (C=O) groups excluding carboxylic acids is 6. The number of hydrogen-bond donors (Lipinski definition) is 37. The number of hydrogen-bond acceptors (Lipinski definition) is 58. The summed E-state index contributed by atoms with van der Waals surface area (Å²) in [6, 6.07) is -12.1. The average molecular weight is 2140 g/mol. The van der Waals surface area contributed by atoms with Crippen molar-refractivity contribution in [1.82, 2.24) is 31.9 Å². The highest BCUT2D eigenvalue weighted by Crippen LogP contribution is 2.44. The van der Waals surface area contributed by atoms with E-state index in [-0.39, 0.29) is 0 Å². The highest BCUT2D eigenvalue weighted by Gasteiger charge is 2.66. The first-order chi connectivity index (χ1) is 68.9. The van der Waals surface area contributed by atoms with Crippen LogP contribution in [0.25, 0.3) is 0 Å². The van der Waals surface area contributed by atoms with Gasteiger partial charge in [-0.05, 0) is 0 Å². The van der Waals surface area contributed by atoms with E-state index in [0.717, 1.165) is 41.5 Å². The zero-order valence-electron chi connectivity index (χ0n) is 78.5. The molecule has 6 amide bonds. The van der Waals surface area contributed by atoms with Crippen LogP contribution in [-0.2, 0) is 133 Å². The summed E-state index contributed by atoms with van der Waals surface area (Å²) >= 11 is 0. The van der Waals surface area contributed by atoms with Gasteiger partial charge in [0.05, 0.1) is 84.8 Å². The number of carboxylic acids is 1. The smallest absolute Gasteiger partial charge is 0.364 e. The van der Waals surface area contributed by atoms with Crippen LogP contribution in [0.4, 0.5) is 0 Å². The van der Waals surface area contributed by atoms with E-state index in [1.807, 2.05) is 0 Å². The van der Waals surface area contributed by atoms with Crippen molar-refractivity contribution >= 4 is 41.4 Å². The Kier molecular flexibility index (Phi) is 43.3. The Hall–Kier alpha value is -5.75. The van der Waals surface area contributed by atoms with E-state index in [1.165, 1.54) is 0 Å². The van der Waals surface area contributed by atoms with Gasteiger partial charge in [-0.2, -0.15) is 0 Å². The van der Waals surface area contributed by atoms with Gasteiger partial charge in [0.2, 0.25) is 35.4 Å². The average Bonchev–Trinajstić information content (AvgIpc) is 0.660. The first-order valence-electron chi connectivity index (χ1n) is 46.3. The summed E-state index contributed by atoms with van der Waals surface area (Å²) in [5.41, 5.74) is 0. The molecule has 0 spiro atoms. The Morgan fingerprint density at radius 2 is 0.568 bits per heavy atom. The molecule has 0 radical (unpaired) electrons. The number of carboxylic acid groups (broad SMARTS) is 1. The summed E-state index contributed by atoms with van der Waals surface area (Å²) in [5, 5.41) is 366. The van der Waals surface area contributed by atoms with Crippen LogP contribution in [0.3, 0.4) is 0 Å². The predicted molar refractivity (Wildman–Crippen MR) is 449 cm³/mol. The molecule has 0 aliphatic carbocycles. The quantitative estimate of drug-likeness (QED) is 0.0271. The Labute approximate surface area is 825 Å². The topological polar surface area (TPSA) is 1010 Å². The van der Waals surface area contributed by atoms with E-state index >= 15 is 0 Å². The second kappa shape index (κ2) is 52.5. The summed E-state index contributed by atoms with van der Waals surface area (Å²) in [6.45, 7) is -8.51. The van der Waals surface area contributed by atoms with Crippen molar-refractivity contribution in [2.24, 2.45) is 0 Å². The van der Waals surface area contributed by atoms with Crippen LogP contribution < -0.4 is 31.9 Å². The molecule has 0 aromatic rings. The largest absolute Gasteiger partial charge is 0.477 e. The van der Waals surface area contributed by atoms with Crippen LogP contribution in [-0.4, -0.2) is 615 Å². The first kappa shape index (κ1) is 120. The van der Waals surface area contributed by atoms with Gasteiger partial charge >= 0.3 is 5.97 Å². The van der Waals surface area contributed by atoms with E-state index in [2.05, 4.69) is 31.9 Å². The van der Waals surface area contributed by atoms with Crippen LogP contribution in [0.2, 0.25) is 0 Å². The maximum atomic E-state index is 13.6. The van der Waals surface area contributed by atoms with Gasteiger partial charge in [0.25, 0.3) is 5.79 Å². The Bertz CT molecular complexity index is 4160. The van der Waals surface area contributed by atoms with Gasteiger partial charge in [-0.25, -0.2) is 4.79 Å². The summed E-state index contributed by atoms with van der Waals surface area (Å²) in [5.74, 6) is -11.6. The van der Waals surface area contributed by atoms with Crippen LogP contribution in [0.15, 0.2) is 0 Å². The van der Waals surface area contributed by atoms with Gasteiger partial charge in [0.15, 0.2) is 62.9 Å². The lowest BCUT2D eigenvalue weighted by Crippen LogP contribution is -2.72. The van der Waals surface area contributed by atoms with E-state index < -0.39 is 464 Å². The zero-order chi connectivity index (χ0) is 108. The Morgan fingerprint density at radius 1 is 0.281 bits per heavy atom. The molecule has 146 heavy (non-hydrogen) atoms. The SMILES string of the molecule is CC(=O)N[C@@H]1[C@@H](O)[C@H](O[C@@H]2O[C@H](CO)[C@@H](O[C@@H]3O[C@H](CO[C@H]4O[C@H](CO)[C@@H](O)[C@H](O)[C@@H]4O[C@@H]4O[C@H](CO)[C@@H](O[C@@H]5O[C@H](CO)[C@H](O)[C@H](O)[C@H]5O)[C@H](O)[C@H]4NC(C)=O)[C@@H](O[C@@H]4O[C@H](CO)[C@@H](O)[C@H](O)[C@H]4NC(C)=O)[C@H](O[C@H]4O[C@H](CO)[C@@H](O)[C@H](O)[C@@H]4O[C@@H]4O[C@H](CO)[C@@H](O[C@@H]5O[C@H](CO)[C@H](O)[C@H](O[C@]6(C(=O)O)C[C@H](O)[C@@H](NC(C)=O)[C@H]([C@H](O)[C@H](O)CO)O6)[C@H]5O)[C@H](O)[C@H]4NC(C)=O)[C@@H]3O)[C@H](O)[C@H]2NC(C)=O)[C@@H](CO)O[C@H]1O. The molecular weight excluding hydrogens is 2000 g/mol. The van der Waals surface area contributed by atoms with Gasteiger partial charge in [-0.3, -0.25) is 28.8 Å². The maximum Gasteiger partial charge on any atom is 0.364 e. The van der Waals surface area contributed by atoms with Crippen LogP contribution in [0.5, 0.6) is 0 Å². The van der Waals surface area contributed by atoms with Gasteiger partial charge in [0.1, 0.15) is 262 Å². The van der Waals surface area contributed by atoms with Gasteiger partial charge in [0, 0.05) is 48.0 Å². The van der Waals surface area contributed by atoms with E-state index in [1.54, 1.807) is 0 Å². The fraction of sp³-hybridized carbons (Fsp3) is 0.914. The van der Waals surface area contributed by atoms with Crippen molar-refractivity contribution in [3.8, 4) is 0 Å². The van der Waals surface area contributed by atoms with Crippen molar-refractivity contribution < 1.29 is 291 Å². The third kappa shape index (κ3) is 26.7. The van der Waals surface area contributed by atoms with E-state index in [0.29, 0.717) is 0 Å². The molecule has 65 heteroatoms. The number of aliphatic hydroxyl groups is 30. The summed E-state index contributed by atoms with van der Waals surface area (Å²) < 4.78 is 128. The fourth-order valence-electron chi connectivity index (χ4n) is 18.9. The van der Waals surface area contributed by atoms with Crippen LogP contribution >= 0.6 is 0 Å². The van der Waals surface area contributed by atoms with Crippen molar-refractivity contribution in [2.75, 3.05) is 72.7 Å². The number of aliphatic hydroxyl groups excluding tert-OH is 30. The lowest BCUT2D eigenvalue weighted by molar-refractivity contribution is -0.409. The van der Waals surface area contributed by atoms with Gasteiger partial charge in [-0.15, -0.1) is 0 Å². The molecule has 0 unspecified atom stereocenters. The molecule has 11 aliphatic rings. The van der Waals surface area contributed by atoms with Crippen molar-refractivity contribution in [3.05, 3.63) is 0 Å². The molecule has 0 aromatic carbocycles. The minimum Gasteiger partial charge on any atom is -0.477 e. The molecule has 11 heterocycles. The summed E-state index contributed by atoms with van der Waals surface area (Å²) in [4.78, 5) is 91.5. The molecule has 11 aliphatic heterocycles. The van der Waals surface area contributed by atoms with Crippen molar-refractivity contribution in [1.29, 1.82) is 0 Å². The standard InChI is InChI=1S/C81H134N6O59/c1-19(98)82-37-25(104)7-81(80(124)125,145-65(37)43(106)26(105)8-88)146-66-48(111)31(13-93)130-76(58(66)121)139-62-35(17-97)135-74(42(53(62)116)87-24(6)103)144-69-56(119)47(110)30(12-92)132-79(69)142-67-59(122)77(140-63-34(16-96)133-72(40(51(63)114)85-22(4)101)137-60-32(14-94)127-70(123)38(50(60)113)83-20(2)99)136-36(64(67)141-71-39(84-21(3)100)49(112)44(107)27(9-89)128-71)18-126-78-68(55(118)46(109)29(11-91)131-78)143-73-41(86-23(5)102)52(115)61(33(15-95)134-73)138-75-57(120)54(117)45(108)28(10-90)129-75/h25-79,88-97,104-123H,7-18H2,1-6H3,(H,82,98)(H,83,99)(H,84,100)(H,85,101)(H,86,102)(H,87,103)(H,124,125)/t25-,26+,27+,28+,29+,30+,31+,32+,33+,34+,35+,36+,37+,38+,39+,40+,41+,42+,43+,44+,45-,46+,47+,48-,49+,50+,51+,52+,53+,54-,55-,56-,57+,58+,59-,60+,61+,62+,63+,64+,65+,66-,67+,68-,69-,70+,71-,72-,73-,74-,75-,76-,77-,78-,79+,81-/m0/s1. The van der Waals surface area contributed by atoms with Crippen molar-refractivity contribution in [2.45, 2.75) is 391 Å². The van der Waals surface area contributed by atoms with E-state index in [9.17, 15) is 192 Å². The van der Waals surface area contributed by atoms with Crippen LogP contribution in [0.1, 0.15) is 48.0 Å². The molecular formula is C81H134N6O59. The number of ether oxygens (including phenoxy) is 21. The minimum absolute atomic E-state index is 0.815. The molecule has 11 rings (SSSR count). The number of amides is 6. The lowest BCUT2D eigenvalue weighted by atomic mass is 9.88. The molecule has 65 nitrogen and oxygen atoms in total. The fourth-order valence-corrected chi connectivity index (χ4v) is 18.9. The number of carbonyl (C=O) groups is 7. The lowest BCUT2D eigenvalue weighted by Gasteiger charge is -2.52. The monoisotopic (exact) mass is 2130 g/mol. The Balaban J connectivity index is 1.00. The van der Waals surface area contributed by atoms with E-state index in [4.69, 9.17) is 99.5 Å². The van der Waals surface area contributed by atoms with Gasteiger partial charge in [-0.1, -0.05) is 0 Å². The van der Waals surface area contributed by atoms with Crippen molar-refractivity contribution in [3.63, 3.8) is 0 Å². The molecule has 842 valence electrons. The summed E-state index contributed by atoms with van der Waals surface area (Å²) in [6.07, 6.45) is -114. The molecule has 0 bridgehead atoms. The molecule has 56 atom stereocenters. The normalized spacial score (nSPS) is 47.0. The predicted octanol–water partition coefficient (Wildman–Crippen LogP) is -24.9. The van der Waals surface area contributed by atoms with Crippen LogP contribution in [0, 0.1) is 0 Å². The van der Waals surface area contributed by atoms with Gasteiger partial charge < -0.3 is 290 Å². The maximum absolute atomic E-state index is 13.6. The molecule has 37 N–H and O–H groups in total. The molecule has 11 fully saturated rings. The molecule has 0 saturated carbocycles. The zero-order valence-corrected chi connectivity index (χ0v) is 78.5. The number of aliphatic carboxylic acids is 1. The summed E-state index contributed by atoms with van der Waals surface area (Å²) in [7, 11) is 0. The number of nitrogens with one attached hydrogen (secondary N) is 6. The second-order valence-electron chi connectivity index (χ2n) is 36.7. The number of rotatable bonds is 40.